The molecule has 0 spiro atoms. The molecule has 2 saturated carbocycles. The first kappa shape index (κ1) is 16.4. The Morgan fingerprint density at radius 3 is 2.29 bits per heavy atom. The van der Waals surface area contributed by atoms with Gasteiger partial charge in [-0.2, -0.15) is 0 Å². The molecule has 0 aliphatic heterocycles. The van der Waals surface area contributed by atoms with Gasteiger partial charge < -0.3 is 21.0 Å². The van der Waals surface area contributed by atoms with Crippen molar-refractivity contribution in [3.63, 3.8) is 0 Å². The molecule has 0 aromatic heterocycles. The zero-order chi connectivity index (χ0) is 15.6. The second-order valence-electron chi connectivity index (χ2n) is 7.06. The lowest BCUT2D eigenvalue weighted by atomic mass is 9.79. The lowest BCUT2D eigenvalue weighted by molar-refractivity contribution is -0.138. The topological polar surface area (TPSA) is 92.4 Å². The van der Waals surface area contributed by atoms with Crippen LogP contribution in [0.25, 0.3) is 0 Å². The lowest BCUT2D eigenvalue weighted by Crippen LogP contribution is -2.56. The first-order valence-electron chi connectivity index (χ1n) is 8.12. The predicted molar refractivity (Wildman–Crippen MR) is 80.8 cm³/mol. The molecule has 2 rings (SSSR count). The van der Waals surface area contributed by atoms with Crippen LogP contribution in [0.2, 0.25) is 0 Å². The minimum atomic E-state index is -0.953. The minimum absolute atomic E-state index is 0.0224. The summed E-state index contributed by atoms with van der Waals surface area (Å²) < 4.78 is 0. The third-order valence-corrected chi connectivity index (χ3v) is 5.35. The highest BCUT2D eigenvalue weighted by Gasteiger charge is 2.44. The van der Waals surface area contributed by atoms with Crippen molar-refractivity contribution in [1.82, 2.24) is 5.32 Å². The third-order valence-electron chi connectivity index (χ3n) is 5.35. The van der Waals surface area contributed by atoms with Crippen LogP contribution in [-0.2, 0) is 9.59 Å². The first-order valence-corrected chi connectivity index (χ1v) is 8.12. The number of hydrogen-bond donors (Lipinski definition) is 3. The molecule has 2 fully saturated rings. The molecule has 0 aromatic carbocycles. The molecule has 120 valence electrons. The van der Waals surface area contributed by atoms with Crippen molar-refractivity contribution < 1.29 is 14.7 Å². The molecule has 0 radical (unpaired) electrons. The summed E-state index contributed by atoms with van der Waals surface area (Å²) in [5.41, 5.74) is 6.44. The van der Waals surface area contributed by atoms with Crippen molar-refractivity contribution in [1.29, 1.82) is 0 Å². The first-order chi connectivity index (χ1) is 9.93. The smallest absolute Gasteiger partial charge is 0.305 e. The number of carboxylic acids is 1. The van der Waals surface area contributed by atoms with E-state index in [1.165, 1.54) is 12.8 Å². The molecule has 2 aliphatic carbocycles. The standard InChI is InChI=1S/C16H28N2O3/c1-9-3-4-10(2)14(9)16(15(17)11-5-6-11)18-12(8-19)7-13(20)21/h8-12,14-16,18H,3-7,17H2,1-2H3,(H,20,21)/t9?,10?,12-,14?,15?,16?/m0/s1. The van der Waals surface area contributed by atoms with Crippen LogP contribution >= 0.6 is 0 Å². The highest BCUT2D eigenvalue weighted by molar-refractivity contribution is 5.73. The van der Waals surface area contributed by atoms with Crippen LogP contribution in [0.15, 0.2) is 0 Å². The lowest BCUT2D eigenvalue weighted by Gasteiger charge is -2.37. The van der Waals surface area contributed by atoms with Crippen molar-refractivity contribution in [3.8, 4) is 0 Å². The van der Waals surface area contributed by atoms with Gasteiger partial charge in [-0.15, -0.1) is 0 Å². The van der Waals surface area contributed by atoms with Gasteiger partial charge in [-0.3, -0.25) is 4.79 Å². The van der Waals surface area contributed by atoms with Gasteiger partial charge in [-0.25, -0.2) is 0 Å². The van der Waals surface area contributed by atoms with E-state index in [9.17, 15) is 9.59 Å². The van der Waals surface area contributed by atoms with Gasteiger partial charge in [-0.05, 0) is 36.5 Å². The molecule has 5 atom stereocenters. The molecule has 0 heterocycles. The maximum absolute atomic E-state index is 11.2. The number of aldehydes is 1. The number of nitrogens with one attached hydrogen (secondary N) is 1. The van der Waals surface area contributed by atoms with Crippen LogP contribution in [0.5, 0.6) is 0 Å². The van der Waals surface area contributed by atoms with E-state index in [1.54, 1.807) is 0 Å². The molecule has 0 bridgehead atoms. The fourth-order valence-corrected chi connectivity index (χ4v) is 4.01. The summed E-state index contributed by atoms with van der Waals surface area (Å²) in [6.07, 6.45) is 5.22. The van der Waals surface area contributed by atoms with Crippen molar-refractivity contribution in [3.05, 3.63) is 0 Å². The quantitative estimate of drug-likeness (QED) is 0.589. The SMILES string of the molecule is CC1CCC(C)C1C(N[C@H](C=O)CC(=O)O)C(N)C1CC1. The van der Waals surface area contributed by atoms with E-state index in [4.69, 9.17) is 10.8 Å². The highest BCUT2D eigenvalue weighted by atomic mass is 16.4. The summed E-state index contributed by atoms with van der Waals surface area (Å²) in [5, 5.41) is 12.2. The van der Waals surface area contributed by atoms with Gasteiger partial charge in [0.1, 0.15) is 6.29 Å². The number of carbonyl (C=O) groups excluding carboxylic acids is 1. The monoisotopic (exact) mass is 296 g/mol. The van der Waals surface area contributed by atoms with Crippen molar-refractivity contribution in [2.24, 2.45) is 29.4 Å². The van der Waals surface area contributed by atoms with Crippen LogP contribution in [0, 0.1) is 23.7 Å². The van der Waals surface area contributed by atoms with Crippen molar-refractivity contribution in [2.45, 2.75) is 64.1 Å². The second kappa shape index (κ2) is 6.88. The molecule has 0 saturated heterocycles. The Kier molecular flexibility index (Phi) is 5.38. The summed E-state index contributed by atoms with van der Waals surface area (Å²) in [5.74, 6) is 1.14. The van der Waals surface area contributed by atoms with E-state index in [2.05, 4.69) is 19.2 Å². The zero-order valence-corrected chi connectivity index (χ0v) is 13.0. The summed E-state index contributed by atoms with van der Waals surface area (Å²) >= 11 is 0. The van der Waals surface area contributed by atoms with E-state index in [0.717, 1.165) is 12.8 Å². The molecule has 4 N–H and O–H groups in total. The number of nitrogens with two attached hydrogens (primary N) is 1. The van der Waals surface area contributed by atoms with E-state index in [0.29, 0.717) is 30.0 Å². The summed E-state index contributed by atoms with van der Waals surface area (Å²) in [6.45, 7) is 4.49. The van der Waals surface area contributed by atoms with E-state index in [1.807, 2.05) is 0 Å². The number of aliphatic carboxylic acids is 1. The van der Waals surface area contributed by atoms with Gasteiger partial charge in [0.15, 0.2) is 0 Å². The minimum Gasteiger partial charge on any atom is -0.481 e. The van der Waals surface area contributed by atoms with Gasteiger partial charge in [0.2, 0.25) is 0 Å². The molecule has 5 nitrogen and oxygen atoms in total. The Hall–Kier alpha value is -0.940. The Morgan fingerprint density at radius 2 is 1.86 bits per heavy atom. The Labute approximate surface area is 126 Å². The van der Waals surface area contributed by atoms with Crippen LogP contribution < -0.4 is 11.1 Å². The number of carboxylic acid groups (broad SMARTS) is 1. The molecule has 2 aliphatic rings. The van der Waals surface area contributed by atoms with Crippen LogP contribution in [0.3, 0.4) is 0 Å². The average molecular weight is 296 g/mol. The molecule has 5 heteroatoms. The zero-order valence-electron chi connectivity index (χ0n) is 13.0. The second-order valence-corrected chi connectivity index (χ2v) is 7.06. The fourth-order valence-electron chi connectivity index (χ4n) is 4.01. The molecule has 0 aromatic rings. The van der Waals surface area contributed by atoms with Gasteiger partial charge in [0.05, 0.1) is 12.5 Å². The largest absolute Gasteiger partial charge is 0.481 e. The molecular formula is C16H28N2O3. The Morgan fingerprint density at radius 1 is 1.29 bits per heavy atom. The normalized spacial score (nSPS) is 33.4. The maximum atomic E-state index is 11.2. The predicted octanol–water partition coefficient (Wildman–Crippen LogP) is 1.41. The van der Waals surface area contributed by atoms with E-state index in [-0.39, 0.29) is 18.5 Å². The number of carbonyl (C=O) groups is 2. The van der Waals surface area contributed by atoms with E-state index >= 15 is 0 Å². The highest BCUT2D eigenvalue weighted by Crippen LogP contribution is 2.43. The molecular weight excluding hydrogens is 268 g/mol. The fraction of sp³-hybridized carbons (Fsp3) is 0.875. The van der Waals surface area contributed by atoms with Gasteiger partial charge in [-0.1, -0.05) is 26.7 Å². The summed E-state index contributed by atoms with van der Waals surface area (Å²) in [6, 6.07) is -0.578. The van der Waals surface area contributed by atoms with E-state index < -0.39 is 12.0 Å². The molecule has 0 amide bonds. The average Bonchev–Trinajstić information content (AvgIpc) is 3.21. The summed E-state index contributed by atoms with van der Waals surface area (Å²) in [7, 11) is 0. The number of hydrogen-bond acceptors (Lipinski definition) is 4. The Bertz CT molecular complexity index is 374. The number of rotatable bonds is 8. The summed E-state index contributed by atoms with van der Waals surface area (Å²) in [4.78, 5) is 22.1. The van der Waals surface area contributed by atoms with Crippen LogP contribution in [0.4, 0.5) is 0 Å². The molecule has 4 unspecified atom stereocenters. The van der Waals surface area contributed by atoms with Crippen molar-refractivity contribution >= 4 is 12.3 Å². The maximum Gasteiger partial charge on any atom is 0.305 e. The van der Waals surface area contributed by atoms with Gasteiger partial charge in [0.25, 0.3) is 0 Å². The Balaban J connectivity index is 2.11. The van der Waals surface area contributed by atoms with Crippen LogP contribution in [0.1, 0.15) is 46.0 Å². The van der Waals surface area contributed by atoms with Gasteiger partial charge in [0, 0.05) is 12.1 Å². The van der Waals surface area contributed by atoms with Gasteiger partial charge >= 0.3 is 5.97 Å². The molecule has 21 heavy (non-hydrogen) atoms. The van der Waals surface area contributed by atoms with Crippen LogP contribution in [-0.4, -0.2) is 35.5 Å². The third kappa shape index (κ3) is 4.04. The van der Waals surface area contributed by atoms with Crippen molar-refractivity contribution in [2.75, 3.05) is 0 Å².